The molecule has 0 radical (unpaired) electrons. The number of nitrogens with one attached hydrogen (secondary N) is 2. The zero-order valence-corrected chi connectivity index (χ0v) is 16.8. The smallest absolute Gasteiger partial charge is 0.264 e. The van der Waals surface area contributed by atoms with Gasteiger partial charge in [0, 0.05) is 18.2 Å². The molecule has 0 amide bonds. The molecule has 3 aromatic rings. The molecule has 2 N–H and O–H groups in total. The van der Waals surface area contributed by atoms with E-state index in [-0.39, 0.29) is 16.6 Å². The van der Waals surface area contributed by atoms with E-state index in [1.807, 2.05) is 0 Å². The van der Waals surface area contributed by atoms with E-state index in [1.165, 1.54) is 30.4 Å². The normalized spacial score (nSPS) is 11.4. The molecule has 0 aliphatic rings. The van der Waals surface area contributed by atoms with Gasteiger partial charge in [0.15, 0.2) is 10.9 Å². The van der Waals surface area contributed by atoms with Crippen LogP contribution in [-0.4, -0.2) is 24.3 Å². The van der Waals surface area contributed by atoms with Crippen molar-refractivity contribution in [1.82, 2.24) is 10.1 Å². The molecule has 0 saturated heterocycles. The van der Waals surface area contributed by atoms with E-state index < -0.39 is 10.0 Å². The van der Waals surface area contributed by atoms with Gasteiger partial charge in [0.2, 0.25) is 5.88 Å². The van der Waals surface area contributed by atoms with Crippen LogP contribution in [0.15, 0.2) is 33.7 Å². The molecule has 142 valence electrons. The molecule has 3 rings (SSSR count). The molecule has 8 nitrogen and oxygen atoms in total. The molecule has 10 heteroatoms. The maximum atomic E-state index is 12.5. The molecule has 0 bridgehead atoms. The second-order valence-electron chi connectivity index (χ2n) is 5.97. The fourth-order valence-electron chi connectivity index (χ4n) is 2.31. The molecule has 2 heterocycles. The van der Waals surface area contributed by atoms with Crippen LogP contribution in [0.5, 0.6) is 0 Å². The topological polar surface area (TPSA) is 114 Å². The second-order valence-corrected chi connectivity index (χ2v) is 8.65. The van der Waals surface area contributed by atoms with Crippen molar-refractivity contribution >= 4 is 43.8 Å². The molecule has 1 aromatic carbocycles. The van der Waals surface area contributed by atoms with Crippen LogP contribution in [0.2, 0.25) is 0 Å². The summed E-state index contributed by atoms with van der Waals surface area (Å²) in [5, 5.41) is 7.38. The Kier molecular flexibility index (Phi) is 5.03. The van der Waals surface area contributed by atoms with Gasteiger partial charge in [-0.3, -0.25) is 4.79 Å². The Labute approximate surface area is 160 Å². The van der Waals surface area contributed by atoms with Gasteiger partial charge in [0.25, 0.3) is 10.0 Å². The van der Waals surface area contributed by atoms with E-state index >= 15 is 0 Å². The van der Waals surface area contributed by atoms with Gasteiger partial charge in [0.05, 0.1) is 21.2 Å². The number of hydrogen-bond acceptors (Lipinski definition) is 8. The Morgan fingerprint density at radius 2 is 1.78 bits per heavy atom. The Balaban J connectivity index is 1.77. The van der Waals surface area contributed by atoms with E-state index in [9.17, 15) is 13.2 Å². The Hall–Kier alpha value is -2.72. The van der Waals surface area contributed by atoms with Crippen molar-refractivity contribution in [2.45, 2.75) is 32.6 Å². The number of aryl methyl sites for hydroxylation is 2. The highest BCUT2D eigenvalue weighted by atomic mass is 32.2. The lowest BCUT2D eigenvalue weighted by molar-refractivity contribution is 0.102. The third-order valence-electron chi connectivity index (χ3n) is 3.92. The van der Waals surface area contributed by atoms with Crippen LogP contribution in [-0.2, 0) is 10.0 Å². The fraction of sp³-hybridized carbons (Fsp3) is 0.235. The van der Waals surface area contributed by atoms with E-state index in [0.717, 1.165) is 0 Å². The number of rotatable bonds is 6. The quantitative estimate of drug-likeness (QED) is 0.598. The average molecular weight is 406 g/mol. The third kappa shape index (κ3) is 4.01. The molecule has 27 heavy (non-hydrogen) atoms. The molecule has 0 spiro atoms. The van der Waals surface area contributed by atoms with Gasteiger partial charge in [-0.2, -0.15) is 0 Å². The number of benzene rings is 1. The molecule has 2 aromatic heterocycles. The minimum atomic E-state index is -3.80. The summed E-state index contributed by atoms with van der Waals surface area (Å²) in [5.41, 5.74) is 2.58. The summed E-state index contributed by atoms with van der Waals surface area (Å²) in [6, 6.07) is 6.18. The van der Waals surface area contributed by atoms with Crippen molar-refractivity contribution in [3.05, 3.63) is 46.1 Å². The van der Waals surface area contributed by atoms with E-state index in [4.69, 9.17) is 4.52 Å². The highest BCUT2D eigenvalue weighted by molar-refractivity contribution is 7.92. The number of sulfonamides is 1. The van der Waals surface area contributed by atoms with Gasteiger partial charge in [-0.25, -0.2) is 18.1 Å². The minimum absolute atomic E-state index is 0.0384. The lowest BCUT2D eigenvalue weighted by Crippen LogP contribution is -2.13. The standard InChI is InChI=1S/C17H18N4O4S2/c1-9-10(2)20-25-16(9)21-27(23,24)14-7-5-13(6-8-14)19-17-18-11(3)15(26-17)12(4)22/h5-8,21H,1-4H3,(H,18,19). The lowest BCUT2D eigenvalue weighted by atomic mass is 10.3. The third-order valence-corrected chi connectivity index (χ3v) is 6.44. The number of Topliss-reactive ketones (excluding diaryl/α,β-unsaturated/α-hetero) is 1. The highest BCUT2D eigenvalue weighted by Gasteiger charge is 2.19. The number of aromatic nitrogens is 2. The lowest BCUT2D eigenvalue weighted by Gasteiger charge is -2.07. The summed E-state index contributed by atoms with van der Waals surface area (Å²) >= 11 is 1.26. The predicted molar refractivity (Wildman–Crippen MR) is 103 cm³/mol. The first-order valence-corrected chi connectivity index (χ1v) is 10.3. The Morgan fingerprint density at radius 1 is 1.11 bits per heavy atom. The summed E-state index contributed by atoms with van der Waals surface area (Å²) in [6.45, 7) is 6.72. The van der Waals surface area contributed by atoms with Crippen molar-refractivity contribution < 1.29 is 17.7 Å². The predicted octanol–water partition coefficient (Wildman–Crippen LogP) is 3.80. The van der Waals surface area contributed by atoms with Gasteiger partial charge < -0.3 is 9.84 Å². The highest BCUT2D eigenvalue weighted by Crippen LogP contribution is 2.27. The molecular weight excluding hydrogens is 388 g/mol. The molecule has 0 fully saturated rings. The van der Waals surface area contributed by atoms with Gasteiger partial charge >= 0.3 is 0 Å². The largest absolute Gasteiger partial charge is 0.337 e. The zero-order chi connectivity index (χ0) is 19.8. The van der Waals surface area contributed by atoms with Crippen molar-refractivity contribution in [1.29, 1.82) is 0 Å². The maximum Gasteiger partial charge on any atom is 0.264 e. The van der Waals surface area contributed by atoms with Crippen molar-refractivity contribution in [2.75, 3.05) is 10.0 Å². The average Bonchev–Trinajstić information content (AvgIpc) is 3.12. The van der Waals surface area contributed by atoms with E-state index in [0.29, 0.717) is 32.6 Å². The van der Waals surface area contributed by atoms with Gasteiger partial charge in [-0.05, 0) is 45.0 Å². The summed E-state index contributed by atoms with van der Waals surface area (Å²) in [4.78, 5) is 16.5. The van der Waals surface area contributed by atoms with Gasteiger partial charge in [-0.1, -0.05) is 16.5 Å². The van der Waals surface area contributed by atoms with Crippen LogP contribution in [0.25, 0.3) is 0 Å². The molecule has 0 unspecified atom stereocenters. The van der Waals surface area contributed by atoms with Crippen LogP contribution < -0.4 is 10.0 Å². The van der Waals surface area contributed by atoms with Crippen molar-refractivity contribution in [2.24, 2.45) is 0 Å². The molecule has 0 saturated carbocycles. The summed E-state index contributed by atoms with van der Waals surface area (Å²) < 4.78 is 32.4. The van der Waals surface area contributed by atoms with Crippen molar-refractivity contribution in [3.8, 4) is 0 Å². The number of ketones is 1. The first kappa shape index (κ1) is 19.1. The summed E-state index contributed by atoms with van der Waals surface area (Å²) in [7, 11) is -3.80. The SMILES string of the molecule is CC(=O)c1sc(Nc2ccc(S(=O)(=O)Nc3onc(C)c3C)cc2)nc1C. The van der Waals surface area contributed by atoms with Crippen LogP contribution >= 0.6 is 11.3 Å². The summed E-state index contributed by atoms with van der Waals surface area (Å²) in [5.74, 6) is 0.0632. The summed E-state index contributed by atoms with van der Waals surface area (Å²) in [6.07, 6.45) is 0. The van der Waals surface area contributed by atoms with Gasteiger partial charge in [-0.15, -0.1) is 0 Å². The van der Waals surface area contributed by atoms with Crippen LogP contribution in [0.3, 0.4) is 0 Å². The molecular formula is C17H18N4O4S2. The monoisotopic (exact) mass is 406 g/mol. The number of carbonyl (C=O) groups excluding carboxylic acids is 1. The van der Waals surface area contributed by atoms with Crippen LogP contribution in [0, 0.1) is 20.8 Å². The van der Waals surface area contributed by atoms with E-state index in [1.54, 1.807) is 32.9 Å². The molecule has 0 atom stereocenters. The first-order chi connectivity index (χ1) is 12.7. The van der Waals surface area contributed by atoms with Crippen molar-refractivity contribution in [3.63, 3.8) is 0 Å². The van der Waals surface area contributed by atoms with Crippen LogP contribution in [0.1, 0.15) is 33.5 Å². The second kappa shape index (κ2) is 7.12. The first-order valence-electron chi connectivity index (χ1n) is 7.98. The number of carbonyl (C=O) groups is 1. The minimum Gasteiger partial charge on any atom is -0.337 e. The van der Waals surface area contributed by atoms with Gasteiger partial charge in [0.1, 0.15) is 0 Å². The Bertz CT molecular complexity index is 1100. The zero-order valence-electron chi connectivity index (χ0n) is 15.2. The fourth-order valence-corrected chi connectivity index (χ4v) is 4.24. The van der Waals surface area contributed by atoms with Crippen LogP contribution in [0.4, 0.5) is 16.7 Å². The molecule has 0 aliphatic heterocycles. The number of thiazole rings is 1. The number of anilines is 3. The number of nitrogens with zero attached hydrogens (tertiary/aromatic N) is 2. The maximum absolute atomic E-state index is 12.5. The number of hydrogen-bond donors (Lipinski definition) is 2. The van der Waals surface area contributed by atoms with E-state index in [2.05, 4.69) is 20.2 Å². The molecule has 0 aliphatic carbocycles. The Morgan fingerprint density at radius 3 is 2.30 bits per heavy atom.